The normalized spacial score (nSPS) is 11.3. The van der Waals surface area contributed by atoms with Crippen molar-refractivity contribution in [3.63, 3.8) is 0 Å². The maximum absolute atomic E-state index is 10.4. The van der Waals surface area contributed by atoms with E-state index < -0.39 is 12.0 Å². The maximum atomic E-state index is 10.4. The molecule has 5 heteroatoms. The molecular formula is C4H6NO2PS. The number of rotatable bonds is 1. The van der Waals surface area contributed by atoms with Crippen LogP contribution in [0.4, 0.5) is 0 Å². The Morgan fingerprint density at radius 3 is 2.89 bits per heavy atom. The van der Waals surface area contributed by atoms with E-state index in [4.69, 9.17) is 5.73 Å². The van der Waals surface area contributed by atoms with E-state index in [1.54, 1.807) is 0 Å². The third kappa shape index (κ3) is 3.44. The zero-order valence-corrected chi connectivity index (χ0v) is 6.54. The van der Waals surface area contributed by atoms with Gasteiger partial charge in [-0.3, -0.25) is 0 Å². The Morgan fingerprint density at radius 1 is 2.00 bits per heavy atom. The van der Waals surface area contributed by atoms with Gasteiger partial charge >= 0.3 is 58.6 Å². The number of esters is 1. The van der Waals surface area contributed by atoms with Gasteiger partial charge in [-0.15, -0.1) is 0 Å². The van der Waals surface area contributed by atoms with Crippen molar-refractivity contribution in [3.8, 4) is 5.63 Å². The Bertz CT molecular complexity index is 198. The summed E-state index contributed by atoms with van der Waals surface area (Å²) >= 11 is 4.47. The van der Waals surface area contributed by atoms with Gasteiger partial charge in [-0.1, -0.05) is 0 Å². The minimum absolute atomic E-state index is 0.451. The van der Waals surface area contributed by atoms with Crippen LogP contribution in [0, 0.1) is 5.63 Å². The molecule has 0 fully saturated rings. The molecule has 0 bridgehead atoms. The van der Waals surface area contributed by atoms with Crippen LogP contribution in [0.3, 0.4) is 0 Å². The third-order valence-electron chi connectivity index (χ3n) is 0.647. The molecule has 0 aromatic carbocycles. The average Bonchev–Trinajstić information content (AvgIpc) is 1.87. The Kier molecular flexibility index (Phi) is 4.64. The van der Waals surface area contributed by atoms with Crippen molar-refractivity contribution in [2.45, 2.75) is 6.04 Å². The van der Waals surface area contributed by atoms with Gasteiger partial charge in [0.25, 0.3) is 0 Å². The third-order valence-corrected chi connectivity index (χ3v) is 1.35. The van der Waals surface area contributed by atoms with Crippen LogP contribution in [-0.2, 0) is 21.3 Å². The molecule has 0 rings (SSSR count). The first-order valence-electron chi connectivity index (χ1n) is 2.13. The fourth-order valence-corrected chi connectivity index (χ4v) is 0.796. The molecule has 0 aliphatic heterocycles. The Hall–Kier alpha value is -0.140. The van der Waals surface area contributed by atoms with Crippen LogP contribution in [0.5, 0.6) is 0 Å². The van der Waals surface area contributed by atoms with Crippen molar-refractivity contribution in [2.24, 2.45) is 5.73 Å². The van der Waals surface area contributed by atoms with Gasteiger partial charge in [0.2, 0.25) is 0 Å². The van der Waals surface area contributed by atoms with Crippen LogP contribution < -0.4 is 5.73 Å². The molecule has 50 valence electrons. The Labute approximate surface area is 59.3 Å². The predicted octanol–water partition coefficient (Wildman–Crippen LogP) is -0.146. The zero-order chi connectivity index (χ0) is 7.28. The second kappa shape index (κ2) is 4.71. The van der Waals surface area contributed by atoms with E-state index in [1.807, 2.05) is 0 Å². The molecule has 0 saturated carbocycles. The van der Waals surface area contributed by atoms with Crippen molar-refractivity contribution >= 4 is 24.6 Å². The van der Waals surface area contributed by atoms with Crippen LogP contribution in [0.25, 0.3) is 0 Å². The van der Waals surface area contributed by atoms with Crippen molar-refractivity contribution < 1.29 is 9.53 Å². The van der Waals surface area contributed by atoms with Crippen LogP contribution in [0.15, 0.2) is 0 Å². The van der Waals surface area contributed by atoms with E-state index >= 15 is 0 Å². The van der Waals surface area contributed by atoms with Crippen LogP contribution >= 0.6 is 6.81 Å². The van der Waals surface area contributed by atoms with E-state index in [1.165, 1.54) is 7.11 Å². The molecule has 9 heavy (non-hydrogen) atoms. The molecule has 0 radical (unpaired) electrons. The molecular weight excluding hydrogens is 157 g/mol. The van der Waals surface area contributed by atoms with Crippen LogP contribution in [-0.4, -0.2) is 19.1 Å². The van der Waals surface area contributed by atoms with Crippen molar-refractivity contribution in [2.75, 3.05) is 7.11 Å². The average molecular weight is 163 g/mol. The van der Waals surface area contributed by atoms with Crippen molar-refractivity contribution in [1.82, 2.24) is 0 Å². The van der Waals surface area contributed by atoms with Crippen molar-refractivity contribution in [1.29, 1.82) is 0 Å². The summed E-state index contributed by atoms with van der Waals surface area (Å²) in [5, 5.41) is 0. The zero-order valence-electron chi connectivity index (χ0n) is 4.83. The number of ether oxygens (including phenoxy) is 1. The molecule has 0 saturated heterocycles. The molecule has 0 amide bonds. The second-order valence-corrected chi connectivity index (χ2v) is 2.21. The first-order chi connectivity index (χ1) is 4.22. The van der Waals surface area contributed by atoms with Gasteiger partial charge in [-0.2, -0.15) is 0 Å². The van der Waals surface area contributed by atoms with E-state index in [9.17, 15) is 4.79 Å². The molecule has 0 aromatic heterocycles. The number of hydrogen-bond donors (Lipinski definition) is 1. The predicted molar refractivity (Wildman–Crippen MR) is 38.2 cm³/mol. The van der Waals surface area contributed by atoms with Gasteiger partial charge < -0.3 is 0 Å². The summed E-state index contributed by atoms with van der Waals surface area (Å²) in [4.78, 5) is 10.4. The summed E-state index contributed by atoms with van der Waals surface area (Å²) in [5.41, 5.74) is 7.67. The van der Waals surface area contributed by atoms with Gasteiger partial charge in [0.1, 0.15) is 0 Å². The molecule has 0 unspecified atom stereocenters. The topological polar surface area (TPSA) is 52.3 Å². The van der Waals surface area contributed by atoms with E-state index in [-0.39, 0.29) is 0 Å². The molecule has 1 atom stereocenters. The number of methoxy groups -OCH3 is 1. The van der Waals surface area contributed by atoms with Crippen LogP contribution in [0.1, 0.15) is 0 Å². The fourth-order valence-electron chi connectivity index (χ4n) is 0.236. The first-order valence-corrected chi connectivity index (χ1v) is 4.04. The van der Waals surface area contributed by atoms with E-state index in [0.29, 0.717) is 6.81 Å². The molecule has 0 aliphatic carbocycles. The Morgan fingerprint density at radius 2 is 2.56 bits per heavy atom. The quantitative estimate of drug-likeness (QED) is 0.431. The van der Waals surface area contributed by atoms with Gasteiger partial charge in [-0.05, 0) is 0 Å². The second-order valence-electron chi connectivity index (χ2n) is 1.22. The number of carbonyl (C=O) groups is 1. The van der Waals surface area contributed by atoms with Crippen LogP contribution in [0.2, 0.25) is 0 Å². The van der Waals surface area contributed by atoms with E-state index in [2.05, 4.69) is 22.2 Å². The molecule has 3 nitrogen and oxygen atoms in total. The number of nitrogens with two attached hydrogens (primary N) is 1. The van der Waals surface area contributed by atoms with Gasteiger partial charge in [0.05, 0.1) is 0 Å². The fraction of sp³-hybridized carbons (Fsp3) is 0.500. The first kappa shape index (κ1) is 8.86. The summed E-state index contributed by atoms with van der Waals surface area (Å²) in [6.07, 6.45) is 0. The van der Waals surface area contributed by atoms with E-state index in [0.717, 1.165) is 0 Å². The van der Waals surface area contributed by atoms with Gasteiger partial charge in [-0.25, -0.2) is 0 Å². The Balaban J connectivity index is 3.98. The molecule has 2 N–H and O–H groups in total. The molecule has 0 aromatic rings. The van der Waals surface area contributed by atoms with Gasteiger partial charge in [0.15, 0.2) is 0 Å². The van der Waals surface area contributed by atoms with Gasteiger partial charge in [0, 0.05) is 0 Å². The standard InChI is InChI=1S/C4H6NO2PS/c1-7-4(6)3(5)2-8-9/h3H,5H2,1H3/t3-/m0/s1. The molecule has 0 heterocycles. The van der Waals surface area contributed by atoms with Crippen molar-refractivity contribution in [3.05, 3.63) is 0 Å². The summed E-state index contributed by atoms with van der Waals surface area (Å²) in [6, 6.07) is -0.797. The molecule has 0 aliphatic rings. The SMILES string of the molecule is COC(=O)[C@@H](N)C#P=S. The number of carbonyl (C=O) groups excluding carboxylic acids is 1. The summed E-state index contributed by atoms with van der Waals surface area (Å²) < 4.78 is 4.29. The monoisotopic (exact) mass is 163 g/mol. The summed E-state index contributed by atoms with van der Waals surface area (Å²) in [7, 11) is 1.27. The minimum atomic E-state index is -0.797. The number of hydrogen-bond acceptors (Lipinski definition) is 4. The molecule has 0 spiro atoms. The summed E-state index contributed by atoms with van der Waals surface area (Å²) in [6.45, 7) is 0.451. The summed E-state index contributed by atoms with van der Waals surface area (Å²) in [5.74, 6) is -0.507.